The summed E-state index contributed by atoms with van der Waals surface area (Å²) in [6, 6.07) is 4.36. The van der Waals surface area contributed by atoms with Crippen molar-refractivity contribution in [2.75, 3.05) is 6.61 Å². The van der Waals surface area contributed by atoms with Gasteiger partial charge in [0.1, 0.15) is 18.5 Å². The highest BCUT2D eigenvalue weighted by molar-refractivity contribution is 5.98. The van der Waals surface area contributed by atoms with Crippen LogP contribution in [0.2, 0.25) is 0 Å². The number of carbonyl (C=O) groups excluding carboxylic acids is 2. The Morgan fingerprint density at radius 3 is 2.65 bits per heavy atom. The molecule has 2 unspecified atom stereocenters. The third-order valence-electron chi connectivity index (χ3n) is 5.48. The average molecular weight is 481 g/mol. The molecule has 5 nitrogen and oxygen atoms in total. The van der Waals surface area contributed by atoms with Gasteiger partial charge < -0.3 is 14.6 Å². The van der Waals surface area contributed by atoms with Crippen LogP contribution in [0.3, 0.4) is 0 Å². The molecular formula is C26H31F3O5. The molecule has 0 spiro atoms. The van der Waals surface area contributed by atoms with E-state index in [0.717, 1.165) is 18.6 Å². The molecule has 0 bridgehead atoms. The van der Waals surface area contributed by atoms with Crippen LogP contribution in [0.5, 0.6) is 5.75 Å². The maximum Gasteiger partial charge on any atom is 0.416 e. The molecule has 186 valence electrons. The summed E-state index contributed by atoms with van der Waals surface area (Å²) < 4.78 is 49.2. The Morgan fingerprint density at radius 1 is 1.26 bits per heavy atom. The number of hydrogen-bond donors (Lipinski definition) is 1. The highest BCUT2D eigenvalue weighted by Gasteiger charge is 2.35. The van der Waals surface area contributed by atoms with E-state index in [4.69, 9.17) is 9.47 Å². The first kappa shape index (κ1) is 27.4. The van der Waals surface area contributed by atoms with Crippen molar-refractivity contribution < 1.29 is 37.3 Å². The van der Waals surface area contributed by atoms with E-state index in [2.05, 4.69) is 0 Å². The zero-order chi connectivity index (χ0) is 25.3. The van der Waals surface area contributed by atoms with Crippen molar-refractivity contribution in [1.82, 2.24) is 0 Å². The first-order chi connectivity index (χ1) is 16.0. The van der Waals surface area contributed by atoms with Crippen LogP contribution >= 0.6 is 0 Å². The maximum atomic E-state index is 12.8. The molecule has 1 aliphatic carbocycles. The van der Waals surface area contributed by atoms with Gasteiger partial charge >= 0.3 is 12.1 Å². The molecule has 0 aliphatic heterocycles. The van der Waals surface area contributed by atoms with Gasteiger partial charge in [0.2, 0.25) is 0 Å². The van der Waals surface area contributed by atoms with Crippen molar-refractivity contribution in [2.45, 2.75) is 52.0 Å². The maximum absolute atomic E-state index is 12.8. The molecule has 4 atom stereocenters. The second-order valence-corrected chi connectivity index (χ2v) is 8.48. The number of ketones is 1. The zero-order valence-corrected chi connectivity index (χ0v) is 19.5. The van der Waals surface area contributed by atoms with Gasteiger partial charge in [0.05, 0.1) is 11.5 Å². The number of rotatable bonds is 11. The molecule has 2 rings (SSSR count). The molecule has 0 heterocycles. The first-order valence-electron chi connectivity index (χ1n) is 11.2. The molecule has 0 fully saturated rings. The molecule has 1 aromatic carbocycles. The normalized spacial score (nSPS) is 20.4. The van der Waals surface area contributed by atoms with E-state index >= 15 is 0 Å². The highest BCUT2D eigenvalue weighted by Crippen LogP contribution is 2.31. The Kier molecular flexibility index (Phi) is 10.1. The van der Waals surface area contributed by atoms with E-state index in [1.807, 2.05) is 32.9 Å². The molecule has 1 aliphatic rings. The Bertz CT molecular complexity index is 917. The zero-order valence-electron chi connectivity index (χ0n) is 19.5. The SMILES string of the molecule is CC=CCCC(C(=O)OC1C(=O)C=C[C@@H]1C=C[C@@H](O)COc1cccc(C(F)(F)F)c1)C(C)C. The Balaban J connectivity index is 1.95. The van der Waals surface area contributed by atoms with Gasteiger partial charge in [0, 0.05) is 5.92 Å². The lowest BCUT2D eigenvalue weighted by Gasteiger charge is -2.23. The molecule has 34 heavy (non-hydrogen) atoms. The number of alkyl halides is 3. The lowest BCUT2D eigenvalue weighted by Crippen LogP contribution is -2.33. The van der Waals surface area contributed by atoms with E-state index in [0.29, 0.717) is 6.42 Å². The highest BCUT2D eigenvalue weighted by atomic mass is 19.4. The van der Waals surface area contributed by atoms with Gasteiger partial charge in [0.15, 0.2) is 11.9 Å². The van der Waals surface area contributed by atoms with Crippen LogP contribution < -0.4 is 4.74 Å². The smallest absolute Gasteiger partial charge is 0.416 e. The van der Waals surface area contributed by atoms with E-state index in [1.165, 1.54) is 30.4 Å². The number of aliphatic hydroxyl groups is 1. The third kappa shape index (κ3) is 8.17. The molecule has 0 saturated carbocycles. The van der Waals surface area contributed by atoms with Gasteiger partial charge in [-0.1, -0.05) is 50.3 Å². The standard InChI is InChI=1S/C26H31F3O5/c1-4-5-6-10-22(17(2)3)25(32)34-24-18(12-14-23(24)31)11-13-20(30)16-33-21-9-7-8-19(15-21)26(27,28)29/h4-5,7-9,11-15,17-18,20,22,24,30H,6,10,16H2,1-3H3/t18-,20+,22?,24?/m0/s1. The minimum Gasteiger partial charge on any atom is -0.491 e. The van der Waals surface area contributed by atoms with Crippen LogP contribution in [0.4, 0.5) is 13.2 Å². The molecule has 8 heteroatoms. The van der Waals surface area contributed by atoms with Crippen molar-refractivity contribution in [1.29, 1.82) is 0 Å². The van der Waals surface area contributed by atoms with Gasteiger partial charge in [-0.25, -0.2) is 0 Å². The second kappa shape index (κ2) is 12.6. The molecular weight excluding hydrogens is 449 g/mol. The number of allylic oxidation sites excluding steroid dienone is 2. The predicted molar refractivity (Wildman–Crippen MR) is 122 cm³/mol. The third-order valence-corrected chi connectivity index (χ3v) is 5.48. The van der Waals surface area contributed by atoms with Crippen molar-refractivity contribution in [3.05, 3.63) is 66.3 Å². The number of esters is 1. The Labute approximate surface area is 197 Å². The summed E-state index contributed by atoms with van der Waals surface area (Å²) in [6.07, 6.45) is 4.40. The summed E-state index contributed by atoms with van der Waals surface area (Å²) in [5.74, 6) is -1.65. The number of carbonyl (C=O) groups is 2. The summed E-state index contributed by atoms with van der Waals surface area (Å²) in [7, 11) is 0. The Hall–Kier alpha value is -2.87. The fraction of sp³-hybridized carbons (Fsp3) is 0.462. The summed E-state index contributed by atoms with van der Waals surface area (Å²) in [4.78, 5) is 25.0. The van der Waals surface area contributed by atoms with E-state index in [9.17, 15) is 27.9 Å². The molecule has 1 N–H and O–H groups in total. The number of halogens is 3. The monoisotopic (exact) mass is 480 g/mol. The molecule has 1 aromatic rings. The van der Waals surface area contributed by atoms with Crippen LogP contribution in [0.25, 0.3) is 0 Å². The van der Waals surface area contributed by atoms with Gasteiger partial charge in [-0.05, 0) is 50.0 Å². The van der Waals surface area contributed by atoms with Crippen LogP contribution in [0, 0.1) is 17.8 Å². The van der Waals surface area contributed by atoms with Crippen LogP contribution in [0.15, 0.2) is 60.7 Å². The van der Waals surface area contributed by atoms with Crippen LogP contribution in [-0.2, 0) is 20.5 Å². The minimum atomic E-state index is -4.49. The van der Waals surface area contributed by atoms with Crippen molar-refractivity contribution in [3.63, 3.8) is 0 Å². The van der Waals surface area contributed by atoms with Crippen molar-refractivity contribution >= 4 is 11.8 Å². The van der Waals surface area contributed by atoms with E-state index in [-0.39, 0.29) is 30.0 Å². The summed E-state index contributed by atoms with van der Waals surface area (Å²) >= 11 is 0. The van der Waals surface area contributed by atoms with Crippen LogP contribution in [-0.4, -0.2) is 35.7 Å². The number of ether oxygens (including phenoxy) is 2. The average Bonchev–Trinajstić information content (AvgIpc) is 3.12. The van der Waals surface area contributed by atoms with Gasteiger partial charge in [0.25, 0.3) is 0 Å². The predicted octanol–water partition coefficient (Wildman–Crippen LogP) is 5.30. The fourth-order valence-electron chi connectivity index (χ4n) is 3.53. The van der Waals surface area contributed by atoms with E-state index < -0.39 is 35.8 Å². The molecule has 0 aromatic heterocycles. The van der Waals surface area contributed by atoms with Gasteiger partial charge in [-0.2, -0.15) is 13.2 Å². The fourth-order valence-corrected chi connectivity index (χ4v) is 3.53. The van der Waals surface area contributed by atoms with Crippen molar-refractivity contribution in [2.24, 2.45) is 17.8 Å². The van der Waals surface area contributed by atoms with Gasteiger partial charge in [-0.15, -0.1) is 0 Å². The number of benzene rings is 1. The quantitative estimate of drug-likeness (QED) is 0.344. The van der Waals surface area contributed by atoms with Crippen molar-refractivity contribution in [3.8, 4) is 5.75 Å². The summed E-state index contributed by atoms with van der Waals surface area (Å²) in [6.45, 7) is 5.47. The number of aliphatic hydroxyl groups excluding tert-OH is 1. The molecule has 0 saturated heterocycles. The lowest BCUT2D eigenvalue weighted by atomic mass is 9.91. The first-order valence-corrected chi connectivity index (χ1v) is 11.2. The largest absolute Gasteiger partial charge is 0.491 e. The van der Waals surface area contributed by atoms with E-state index in [1.54, 1.807) is 6.08 Å². The molecule has 0 radical (unpaired) electrons. The molecule has 0 amide bonds. The topological polar surface area (TPSA) is 72.8 Å². The Morgan fingerprint density at radius 2 is 2.00 bits per heavy atom. The number of hydrogen-bond acceptors (Lipinski definition) is 5. The summed E-state index contributed by atoms with van der Waals surface area (Å²) in [5, 5.41) is 10.2. The van der Waals surface area contributed by atoms with Crippen LogP contribution in [0.1, 0.15) is 39.2 Å². The van der Waals surface area contributed by atoms with Gasteiger partial charge in [-0.3, -0.25) is 9.59 Å². The minimum absolute atomic E-state index is 0.0253. The second-order valence-electron chi connectivity index (χ2n) is 8.48. The lowest BCUT2D eigenvalue weighted by molar-refractivity contribution is -0.160. The summed E-state index contributed by atoms with van der Waals surface area (Å²) in [5.41, 5.74) is -0.847.